The average molecular weight is 405 g/mol. The second-order valence-corrected chi connectivity index (χ2v) is 8.86. The molecule has 3 N–H and O–H groups in total. The normalized spacial score (nSPS) is 12.9. The van der Waals surface area contributed by atoms with Crippen LogP contribution in [0.2, 0.25) is 0 Å². The van der Waals surface area contributed by atoms with Crippen LogP contribution >= 0.6 is 11.3 Å². The van der Waals surface area contributed by atoms with Crippen molar-refractivity contribution in [3.05, 3.63) is 59.0 Å². The minimum absolute atomic E-state index is 0.110. The van der Waals surface area contributed by atoms with E-state index in [1.165, 1.54) is 30.4 Å². The van der Waals surface area contributed by atoms with E-state index in [4.69, 9.17) is 0 Å². The highest BCUT2D eigenvalue weighted by Crippen LogP contribution is 2.30. The molecule has 1 aromatic heterocycles. The van der Waals surface area contributed by atoms with E-state index in [0.29, 0.717) is 16.8 Å². The fourth-order valence-electron chi connectivity index (χ4n) is 2.86. The number of benzene rings is 2. The molecule has 0 saturated heterocycles. The molecular weight excluding hydrogens is 384 g/mol. The molecule has 0 aliphatic heterocycles. The number of carbonyl (C=O) groups is 1. The minimum Gasteiger partial charge on any atom is -0.387 e. The summed E-state index contributed by atoms with van der Waals surface area (Å²) in [6, 6.07) is 12.2. The molecule has 8 heteroatoms. The van der Waals surface area contributed by atoms with Gasteiger partial charge in [0.1, 0.15) is 0 Å². The predicted molar refractivity (Wildman–Crippen MR) is 107 cm³/mol. The number of anilines is 1. The predicted octanol–water partition coefficient (Wildman–Crippen LogP) is 3.18. The first-order valence-electron chi connectivity index (χ1n) is 8.30. The van der Waals surface area contributed by atoms with Crippen molar-refractivity contribution in [1.29, 1.82) is 0 Å². The van der Waals surface area contributed by atoms with Gasteiger partial charge in [0, 0.05) is 29.4 Å². The molecule has 3 rings (SSSR count). The van der Waals surface area contributed by atoms with Gasteiger partial charge in [0.15, 0.2) is 0 Å². The molecule has 0 saturated carbocycles. The Morgan fingerprint density at radius 3 is 2.67 bits per heavy atom. The Kier molecular flexibility index (Phi) is 5.61. The van der Waals surface area contributed by atoms with Gasteiger partial charge in [-0.3, -0.25) is 4.79 Å². The molecule has 2 aromatic carbocycles. The highest BCUT2D eigenvalue weighted by atomic mass is 32.2. The molecule has 0 spiro atoms. The van der Waals surface area contributed by atoms with Crippen molar-refractivity contribution in [2.45, 2.75) is 24.8 Å². The van der Waals surface area contributed by atoms with Gasteiger partial charge in [-0.05, 0) is 47.5 Å². The molecule has 27 heavy (non-hydrogen) atoms. The Morgan fingerprint density at radius 1 is 1.22 bits per heavy atom. The maximum absolute atomic E-state index is 12.6. The van der Waals surface area contributed by atoms with E-state index < -0.39 is 16.1 Å². The van der Waals surface area contributed by atoms with Crippen LogP contribution in [0, 0.1) is 6.92 Å². The zero-order valence-electron chi connectivity index (χ0n) is 14.9. The van der Waals surface area contributed by atoms with Crippen molar-refractivity contribution >= 4 is 43.0 Å². The number of thiophene rings is 1. The SMILES string of the molecule is CC(=O)Nc1ccc(S(=O)(=O)NCC(O)c2csc3ccccc23)c(C)c1. The van der Waals surface area contributed by atoms with Crippen molar-refractivity contribution in [2.75, 3.05) is 11.9 Å². The average Bonchev–Trinajstić information content (AvgIpc) is 3.03. The van der Waals surface area contributed by atoms with Crippen LogP contribution in [0.25, 0.3) is 10.1 Å². The van der Waals surface area contributed by atoms with Gasteiger partial charge in [0.2, 0.25) is 15.9 Å². The minimum atomic E-state index is -3.79. The van der Waals surface area contributed by atoms with E-state index in [1.807, 2.05) is 29.6 Å². The van der Waals surface area contributed by atoms with Crippen molar-refractivity contribution in [2.24, 2.45) is 0 Å². The van der Waals surface area contributed by atoms with Crippen molar-refractivity contribution < 1.29 is 18.3 Å². The van der Waals surface area contributed by atoms with Gasteiger partial charge in [0.05, 0.1) is 11.0 Å². The van der Waals surface area contributed by atoms with E-state index in [1.54, 1.807) is 13.0 Å². The topological polar surface area (TPSA) is 95.5 Å². The monoisotopic (exact) mass is 404 g/mol. The van der Waals surface area contributed by atoms with Crippen molar-refractivity contribution in [3.8, 4) is 0 Å². The highest BCUT2D eigenvalue weighted by Gasteiger charge is 2.20. The Morgan fingerprint density at radius 2 is 1.96 bits per heavy atom. The van der Waals surface area contributed by atoms with Crippen LogP contribution in [0.4, 0.5) is 5.69 Å². The molecule has 1 atom stereocenters. The molecule has 1 unspecified atom stereocenters. The van der Waals surface area contributed by atoms with Gasteiger partial charge in [0.25, 0.3) is 0 Å². The van der Waals surface area contributed by atoms with Crippen LogP contribution in [-0.2, 0) is 14.8 Å². The first kappa shape index (κ1) is 19.5. The summed E-state index contributed by atoms with van der Waals surface area (Å²) in [7, 11) is -3.79. The first-order chi connectivity index (χ1) is 12.8. The molecular formula is C19H20N2O4S2. The zero-order chi connectivity index (χ0) is 19.6. The number of fused-ring (bicyclic) bond motifs is 1. The van der Waals surface area contributed by atoms with Crippen LogP contribution in [0.3, 0.4) is 0 Å². The van der Waals surface area contributed by atoms with Gasteiger partial charge in [-0.2, -0.15) is 0 Å². The third kappa shape index (κ3) is 4.36. The number of amides is 1. The van der Waals surface area contributed by atoms with Crippen LogP contribution in [0.5, 0.6) is 0 Å². The lowest BCUT2D eigenvalue weighted by Gasteiger charge is -2.14. The number of hydrogen-bond donors (Lipinski definition) is 3. The number of rotatable bonds is 6. The van der Waals surface area contributed by atoms with E-state index in [0.717, 1.165) is 10.1 Å². The zero-order valence-corrected chi connectivity index (χ0v) is 16.5. The van der Waals surface area contributed by atoms with Crippen LogP contribution < -0.4 is 10.0 Å². The quantitative estimate of drug-likeness (QED) is 0.588. The molecule has 1 heterocycles. The Bertz CT molecular complexity index is 1090. The maximum atomic E-state index is 12.6. The first-order valence-corrected chi connectivity index (χ1v) is 10.7. The third-order valence-corrected chi connectivity index (χ3v) is 6.69. The van der Waals surface area contributed by atoms with Gasteiger partial charge < -0.3 is 10.4 Å². The third-order valence-electron chi connectivity index (χ3n) is 4.12. The highest BCUT2D eigenvalue weighted by molar-refractivity contribution is 7.89. The summed E-state index contributed by atoms with van der Waals surface area (Å²) in [6.07, 6.45) is -0.949. The van der Waals surface area contributed by atoms with Gasteiger partial charge in [-0.25, -0.2) is 13.1 Å². The Hall–Kier alpha value is -2.26. The molecule has 0 radical (unpaired) electrons. The molecule has 0 fully saturated rings. The summed E-state index contributed by atoms with van der Waals surface area (Å²) >= 11 is 1.51. The second kappa shape index (κ2) is 7.77. The van der Waals surface area contributed by atoms with Gasteiger partial charge >= 0.3 is 0 Å². The Balaban J connectivity index is 1.75. The summed E-state index contributed by atoms with van der Waals surface area (Å²) in [5.74, 6) is -0.228. The summed E-state index contributed by atoms with van der Waals surface area (Å²) in [4.78, 5) is 11.2. The number of sulfonamides is 1. The van der Waals surface area contributed by atoms with Crippen LogP contribution in [-0.4, -0.2) is 26.0 Å². The van der Waals surface area contributed by atoms with E-state index in [2.05, 4.69) is 10.0 Å². The molecule has 0 bridgehead atoms. The smallest absolute Gasteiger partial charge is 0.240 e. The summed E-state index contributed by atoms with van der Waals surface area (Å²) in [5, 5.41) is 15.8. The lowest BCUT2D eigenvalue weighted by atomic mass is 10.1. The number of nitrogens with one attached hydrogen (secondary N) is 2. The van der Waals surface area contributed by atoms with Crippen molar-refractivity contribution in [3.63, 3.8) is 0 Å². The molecule has 0 aliphatic rings. The van der Waals surface area contributed by atoms with Crippen LogP contribution in [0.1, 0.15) is 24.2 Å². The number of aryl methyl sites for hydroxylation is 1. The summed E-state index contributed by atoms with van der Waals surface area (Å²) in [6.45, 7) is 2.91. The number of aliphatic hydroxyl groups excluding tert-OH is 1. The molecule has 3 aromatic rings. The van der Waals surface area contributed by atoms with E-state index in [-0.39, 0.29) is 17.3 Å². The molecule has 142 valence electrons. The lowest BCUT2D eigenvalue weighted by Crippen LogP contribution is -2.29. The molecule has 1 amide bonds. The van der Waals surface area contributed by atoms with Crippen LogP contribution in [0.15, 0.2) is 52.7 Å². The number of hydrogen-bond acceptors (Lipinski definition) is 5. The van der Waals surface area contributed by atoms with Gasteiger partial charge in [-0.15, -0.1) is 11.3 Å². The fraction of sp³-hybridized carbons (Fsp3) is 0.211. The lowest BCUT2D eigenvalue weighted by molar-refractivity contribution is -0.114. The summed E-state index contributed by atoms with van der Waals surface area (Å²) in [5.41, 5.74) is 1.74. The summed E-state index contributed by atoms with van der Waals surface area (Å²) < 4.78 is 28.7. The van der Waals surface area contributed by atoms with E-state index in [9.17, 15) is 18.3 Å². The number of carbonyl (C=O) groups excluding carboxylic acids is 1. The van der Waals surface area contributed by atoms with Gasteiger partial charge in [-0.1, -0.05) is 18.2 Å². The maximum Gasteiger partial charge on any atom is 0.240 e. The standard InChI is InChI=1S/C19H20N2O4S2/c1-12-9-14(21-13(2)22)7-8-19(12)27(24,25)20-10-17(23)16-11-26-18-6-4-3-5-15(16)18/h3-9,11,17,20,23H,10H2,1-2H3,(H,21,22). The molecule has 0 aliphatic carbocycles. The Labute approximate surface area is 161 Å². The number of aliphatic hydroxyl groups is 1. The largest absolute Gasteiger partial charge is 0.387 e. The second-order valence-electron chi connectivity index (χ2n) is 6.22. The van der Waals surface area contributed by atoms with E-state index >= 15 is 0 Å². The van der Waals surface area contributed by atoms with Crippen molar-refractivity contribution in [1.82, 2.24) is 4.72 Å². The fourth-order valence-corrected chi connectivity index (χ4v) is 5.14. The molecule has 6 nitrogen and oxygen atoms in total.